The maximum absolute atomic E-state index is 12.0. The standard InChI is InChI=1S/C8H13F2N3S/c1-11-3-6-4-12-8(14-6)13(2)5-7(9)10/h4,7,11H,3,5H2,1-2H3. The van der Waals surface area contributed by atoms with E-state index in [0.717, 1.165) is 11.4 Å². The first-order valence-electron chi connectivity index (χ1n) is 4.22. The summed E-state index contributed by atoms with van der Waals surface area (Å²) in [4.78, 5) is 6.57. The van der Waals surface area contributed by atoms with Crippen LogP contribution in [-0.4, -0.2) is 32.0 Å². The second-order valence-corrected chi connectivity index (χ2v) is 4.00. The van der Waals surface area contributed by atoms with Crippen LogP contribution in [0.2, 0.25) is 0 Å². The number of hydrogen-bond acceptors (Lipinski definition) is 4. The molecule has 1 N–H and O–H groups in total. The Labute approximate surface area is 85.8 Å². The molecule has 0 spiro atoms. The van der Waals surface area contributed by atoms with Crippen LogP contribution in [-0.2, 0) is 6.54 Å². The zero-order valence-electron chi connectivity index (χ0n) is 8.13. The molecule has 1 aromatic rings. The van der Waals surface area contributed by atoms with Crippen molar-refractivity contribution in [2.24, 2.45) is 0 Å². The summed E-state index contributed by atoms with van der Waals surface area (Å²) in [6, 6.07) is 0. The molecule has 1 aromatic heterocycles. The van der Waals surface area contributed by atoms with Crippen molar-refractivity contribution in [3.05, 3.63) is 11.1 Å². The Morgan fingerprint density at radius 2 is 2.36 bits per heavy atom. The van der Waals surface area contributed by atoms with Crippen LogP contribution < -0.4 is 10.2 Å². The molecule has 6 heteroatoms. The normalized spacial score (nSPS) is 10.9. The van der Waals surface area contributed by atoms with Crippen molar-refractivity contribution < 1.29 is 8.78 Å². The summed E-state index contributed by atoms with van der Waals surface area (Å²) in [6.07, 6.45) is -0.616. The lowest BCUT2D eigenvalue weighted by Crippen LogP contribution is -2.23. The van der Waals surface area contributed by atoms with Gasteiger partial charge in [-0.2, -0.15) is 0 Å². The number of alkyl halides is 2. The highest BCUT2D eigenvalue weighted by Gasteiger charge is 2.11. The van der Waals surface area contributed by atoms with E-state index < -0.39 is 6.43 Å². The topological polar surface area (TPSA) is 28.2 Å². The van der Waals surface area contributed by atoms with E-state index in [1.54, 1.807) is 13.2 Å². The number of nitrogens with zero attached hydrogens (tertiary/aromatic N) is 2. The molecule has 0 saturated carbocycles. The molecule has 0 saturated heterocycles. The highest BCUT2D eigenvalue weighted by molar-refractivity contribution is 7.15. The second kappa shape index (κ2) is 5.21. The van der Waals surface area contributed by atoms with Crippen molar-refractivity contribution in [2.75, 3.05) is 25.5 Å². The number of aromatic nitrogens is 1. The van der Waals surface area contributed by atoms with Gasteiger partial charge >= 0.3 is 0 Å². The van der Waals surface area contributed by atoms with Gasteiger partial charge in [-0.3, -0.25) is 0 Å². The molecular weight excluding hydrogens is 208 g/mol. The van der Waals surface area contributed by atoms with E-state index in [9.17, 15) is 8.78 Å². The lowest BCUT2D eigenvalue weighted by atomic mass is 10.5. The Morgan fingerprint density at radius 1 is 1.64 bits per heavy atom. The predicted octanol–water partition coefficient (Wildman–Crippen LogP) is 1.56. The third-order valence-corrected chi connectivity index (χ3v) is 2.74. The van der Waals surface area contributed by atoms with Gasteiger partial charge in [-0.05, 0) is 7.05 Å². The molecule has 0 aliphatic rings. The fraction of sp³-hybridized carbons (Fsp3) is 0.625. The molecule has 0 aliphatic carbocycles. The van der Waals surface area contributed by atoms with Crippen LogP contribution in [0, 0.1) is 0 Å². The molecule has 0 amide bonds. The maximum atomic E-state index is 12.0. The monoisotopic (exact) mass is 221 g/mol. The van der Waals surface area contributed by atoms with Crippen LogP contribution in [0.3, 0.4) is 0 Å². The van der Waals surface area contributed by atoms with Gasteiger partial charge in [0.2, 0.25) is 0 Å². The third-order valence-electron chi connectivity index (χ3n) is 1.63. The zero-order valence-corrected chi connectivity index (χ0v) is 8.94. The van der Waals surface area contributed by atoms with Gasteiger partial charge in [0.15, 0.2) is 5.13 Å². The number of nitrogens with one attached hydrogen (secondary N) is 1. The van der Waals surface area contributed by atoms with Gasteiger partial charge in [0.05, 0.1) is 6.54 Å². The molecule has 1 heterocycles. The zero-order chi connectivity index (χ0) is 10.6. The summed E-state index contributed by atoms with van der Waals surface area (Å²) in [5.74, 6) is 0. The first kappa shape index (κ1) is 11.3. The molecule has 0 radical (unpaired) electrons. The van der Waals surface area contributed by atoms with Crippen LogP contribution in [0.5, 0.6) is 0 Å². The summed E-state index contributed by atoms with van der Waals surface area (Å²) in [6.45, 7) is 0.451. The molecule has 0 aromatic carbocycles. The Kier molecular flexibility index (Phi) is 4.21. The molecule has 14 heavy (non-hydrogen) atoms. The second-order valence-electron chi connectivity index (χ2n) is 2.91. The SMILES string of the molecule is CNCc1cnc(N(C)CC(F)F)s1. The first-order valence-corrected chi connectivity index (χ1v) is 5.03. The Bertz CT molecular complexity index is 277. The summed E-state index contributed by atoms with van der Waals surface area (Å²) >= 11 is 1.43. The Hall–Kier alpha value is -0.750. The van der Waals surface area contributed by atoms with Crippen molar-refractivity contribution in [3.8, 4) is 0 Å². The number of rotatable bonds is 5. The van der Waals surface area contributed by atoms with Gasteiger partial charge < -0.3 is 10.2 Å². The van der Waals surface area contributed by atoms with Gasteiger partial charge in [0, 0.05) is 24.7 Å². The average Bonchev–Trinajstić information content (AvgIpc) is 2.52. The quantitative estimate of drug-likeness (QED) is 0.818. The predicted molar refractivity (Wildman–Crippen MR) is 54.2 cm³/mol. The Morgan fingerprint density at radius 3 is 2.93 bits per heavy atom. The summed E-state index contributed by atoms with van der Waals surface area (Å²) < 4.78 is 24.1. The minimum Gasteiger partial charge on any atom is -0.345 e. The van der Waals surface area contributed by atoms with Crippen LogP contribution in [0.4, 0.5) is 13.9 Å². The fourth-order valence-corrected chi connectivity index (χ4v) is 1.91. The van der Waals surface area contributed by atoms with E-state index in [1.807, 2.05) is 7.05 Å². The fourth-order valence-electron chi connectivity index (χ4n) is 1.01. The Balaban J connectivity index is 2.57. The van der Waals surface area contributed by atoms with E-state index in [4.69, 9.17) is 0 Å². The lowest BCUT2D eigenvalue weighted by Gasteiger charge is -2.14. The minimum absolute atomic E-state index is 0.271. The molecule has 0 bridgehead atoms. The van der Waals surface area contributed by atoms with Crippen LogP contribution >= 0.6 is 11.3 Å². The van der Waals surface area contributed by atoms with Gasteiger partial charge in [-0.15, -0.1) is 11.3 Å². The van der Waals surface area contributed by atoms with E-state index in [0.29, 0.717) is 5.13 Å². The van der Waals surface area contributed by atoms with E-state index in [2.05, 4.69) is 10.3 Å². The molecule has 0 unspecified atom stereocenters. The summed E-state index contributed by atoms with van der Waals surface area (Å²) in [7, 11) is 3.45. The number of hydrogen-bond donors (Lipinski definition) is 1. The van der Waals surface area contributed by atoms with Crippen molar-refractivity contribution >= 4 is 16.5 Å². The molecule has 3 nitrogen and oxygen atoms in total. The number of thiazole rings is 1. The molecule has 1 rings (SSSR count). The van der Waals surface area contributed by atoms with E-state index in [1.165, 1.54) is 16.2 Å². The van der Waals surface area contributed by atoms with Crippen molar-refractivity contribution in [1.82, 2.24) is 10.3 Å². The van der Waals surface area contributed by atoms with E-state index in [-0.39, 0.29) is 6.54 Å². The summed E-state index contributed by atoms with van der Waals surface area (Å²) in [5, 5.41) is 3.62. The lowest BCUT2D eigenvalue weighted by molar-refractivity contribution is 0.156. The molecule has 80 valence electrons. The van der Waals surface area contributed by atoms with Gasteiger partial charge in [-0.1, -0.05) is 0 Å². The van der Waals surface area contributed by atoms with Crippen LogP contribution in [0.25, 0.3) is 0 Å². The average molecular weight is 221 g/mol. The van der Waals surface area contributed by atoms with Crippen molar-refractivity contribution in [3.63, 3.8) is 0 Å². The summed E-state index contributed by atoms with van der Waals surface area (Å²) in [5.41, 5.74) is 0. The minimum atomic E-state index is -2.32. The number of halogens is 2. The maximum Gasteiger partial charge on any atom is 0.255 e. The van der Waals surface area contributed by atoms with Crippen LogP contribution in [0.1, 0.15) is 4.88 Å². The smallest absolute Gasteiger partial charge is 0.255 e. The molecule has 0 atom stereocenters. The largest absolute Gasteiger partial charge is 0.345 e. The van der Waals surface area contributed by atoms with Gasteiger partial charge in [0.25, 0.3) is 6.43 Å². The molecule has 0 aliphatic heterocycles. The highest BCUT2D eigenvalue weighted by atomic mass is 32.1. The van der Waals surface area contributed by atoms with E-state index >= 15 is 0 Å². The van der Waals surface area contributed by atoms with Crippen LogP contribution in [0.15, 0.2) is 6.20 Å². The molecular formula is C8H13F2N3S. The van der Waals surface area contributed by atoms with Crippen molar-refractivity contribution in [1.29, 1.82) is 0 Å². The third kappa shape index (κ3) is 3.19. The van der Waals surface area contributed by atoms with Gasteiger partial charge in [0.1, 0.15) is 0 Å². The number of anilines is 1. The van der Waals surface area contributed by atoms with Crippen molar-refractivity contribution in [2.45, 2.75) is 13.0 Å². The highest BCUT2D eigenvalue weighted by Crippen LogP contribution is 2.21. The molecule has 0 fully saturated rings. The first-order chi connectivity index (χ1) is 6.63. The van der Waals surface area contributed by atoms with Gasteiger partial charge in [-0.25, -0.2) is 13.8 Å².